The van der Waals surface area contributed by atoms with E-state index in [2.05, 4.69) is 63.2 Å². The minimum Gasteiger partial charge on any atom is -0.387 e. The van der Waals surface area contributed by atoms with E-state index in [-0.39, 0.29) is 5.41 Å². The lowest BCUT2D eigenvalue weighted by Crippen LogP contribution is -2.35. The Hall–Kier alpha value is -1.60. The van der Waals surface area contributed by atoms with Gasteiger partial charge in [0.1, 0.15) is 0 Å². The molecular weight excluding hydrogens is 244 g/mol. The van der Waals surface area contributed by atoms with Crippen LogP contribution in [0.25, 0.3) is 0 Å². The van der Waals surface area contributed by atoms with Crippen molar-refractivity contribution >= 4 is 0 Å². The molecule has 1 N–H and O–H groups in total. The third-order valence-corrected chi connectivity index (χ3v) is 4.82. The van der Waals surface area contributed by atoms with E-state index in [1.165, 1.54) is 22.3 Å². The SMILES string of the molecule is Cc1ccc([C@@]2(C)CCc3cc(C)ccc3C2O)cc1. The lowest BCUT2D eigenvalue weighted by molar-refractivity contribution is 0.0747. The van der Waals surface area contributed by atoms with Gasteiger partial charge in [0.05, 0.1) is 6.10 Å². The Morgan fingerprint density at radius 1 is 1.00 bits per heavy atom. The molecule has 1 aliphatic carbocycles. The number of hydrogen-bond acceptors (Lipinski definition) is 1. The van der Waals surface area contributed by atoms with Crippen molar-refractivity contribution in [2.75, 3.05) is 0 Å². The van der Waals surface area contributed by atoms with Crippen LogP contribution in [0.1, 0.15) is 47.3 Å². The van der Waals surface area contributed by atoms with Crippen LogP contribution in [0.3, 0.4) is 0 Å². The van der Waals surface area contributed by atoms with Crippen molar-refractivity contribution < 1.29 is 5.11 Å². The second-order valence-corrected chi connectivity index (χ2v) is 6.39. The first kappa shape index (κ1) is 13.4. The molecule has 1 heteroatoms. The summed E-state index contributed by atoms with van der Waals surface area (Å²) in [5.41, 5.74) is 6.00. The fourth-order valence-electron chi connectivity index (χ4n) is 3.33. The van der Waals surface area contributed by atoms with E-state index in [9.17, 15) is 5.11 Å². The number of benzene rings is 2. The number of hydrogen-bond donors (Lipinski definition) is 1. The average molecular weight is 266 g/mol. The van der Waals surface area contributed by atoms with Crippen LogP contribution in [-0.2, 0) is 11.8 Å². The Balaban J connectivity index is 2.04. The Bertz CT molecular complexity index is 627. The molecule has 3 rings (SSSR count). The standard InChI is InChI=1S/C19H22O/c1-13-4-7-16(8-5-13)19(3)11-10-15-12-14(2)6-9-17(15)18(19)20/h4-9,12,18,20H,10-11H2,1-3H3/t18?,19-/m1/s1. The first-order chi connectivity index (χ1) is 9.50. The molecule has 0 heterocycles. The number of aliphatic hydroxyl groups is 1. The van der Waals surface area contributed by atoms with Crippen molar-refractivity contribution in [2.45, 2.75) is 45.1 Å². The third-order valence-electron chi connectivity index (χ3n) is 4.82. The van der Waals surface area contributed by atoms with Crippen LogP contribution in [0.2, 0.25) is 0 Å². The van der Waals surface area contributed by atoms with E-state index in [0.29, 0.717) is 0 Å². The Kier molecular flexibility index (Phi) is 3.18. The van der Waals surface area contributed by atoms with Crippen LogP contribution in [0.5, 0.6) is 0 Å². The van der Waals surface area contributed by atoms with Gasteiger partial charge >= 0.3 is 0 Å². The molecule has 0 bridgehead atoms. The van der Waals surface area contributed by atoms with Crippen molar-refractivity contribution in [1.29, 1.82) is 0 Å². The van der Waals surface area contributed by atoms with Gasteiger partial charge in [0, 0.05) is 5.41 Å². The molecule has 0 radical (unpaired) electrons. The van der Waals surface area contributed by atoms with Gasteiger partial charge in [-0.1, -0.05) is 60.5 Å². The van der Waals surface area contributed by atoms with Crippen molar-refractivity contribution in [3.05, 3.63) is 70.3 Å². The molecule has 1 unspecified atom stereocenters. The summed E-state index contributed by atoms with van der Waals surface area (Å²) in [5, 5.41) is 10.9. The number of aliphatic hydroxyl groups excluding tert-OH is 1. The highest BCUT2D eigenvalue weighted by Crippen LogP contribution is 2.46. The van der Waals surface area contributed by atoms with E-state index in [1.54, 1.807) is 0 Å². The van der Waals surface area contributed by atoms with Gasteiger partial charge in [0.15, 0.2) is 0 Å². The molecule has 2 aromatic carbocycles. The topological polar surface area (TPSA) is 20.2 Å². The monoisotopic (exact) mass is 266 g/mol. The molecule has 0 aromatic heterocycles. The minimum absolute atomic E-state index is 0.185. The molecule has 104 valence electrons. The van der Waals surface area contributed by atoms with Crippen LogP contribution < -0.4 is 0 Å². The van der Waals surface area contributed by atoms with Gasteiger partial charge in [-0.3, -0.25) is 0 Å². The van der Waals surface area contributed by atoms with Gasteiger partial charge in [-0.2, -0.15) is 0 Å². The zero-order valence-corrected chi connectivity index (χ0v) is 12.5. The smallest absolute Gasteiger partial charge is 0.0886 e. The molecule has 1 aliphatic rings. The van der Waals surface area contributed by atoms with Crippen LogP contribution in [-0.4, -0.2) is 5.11 Å². The van der Waals surface area contributed by atoms with Crippen molar-refractivity contribution in [1.82, 2.24) is 0 Å². The largest absolute Gasteiger partial charge is 0.387 e. The summed E-state index contributed by atoms with van der Waals surface area (Å²) >= 11 is 0. The summed E-state index contributed by atoms with van der Waals surface area (Å²) in [6, 6.07) is 15.0. The van der Waals surface area contributed by atoms with Gasteiger partial charge < -0.3 is 5.11 Å². The fraction of sp³-hybridized carbons (Fsp3) is 0.368. The highest BCUT2D eigenvalue weighted by atomic mass is 16.3. The van der Waals surface area contributed by atoms with Gasteiger partial charge in [-0.25, -0.2) is 0 Å². The zero-order chi connectivity index (χ0) is 14.3. The summed E-state index contributed by atoms with van der Waals surface area (Å²) in [7, 11) is 0. The lowest BCUT2D eigenvalue weighted by Gasteiger charge is -2.40. The molecule has 2 atom stereocenters. The molecule has 0 amide bonds. The van der Waals surface area contributed by atoms with Gasteiger partial charge in [-0.15, -0.1) is 0 Å². The van der Waals surface area contributed by atoms with Crippen LogP contribution in [0.4, 0.5) is 0 Å². The maximum atomic E-state index is 10.9. The third kappa shape index (κ3) is 2.06. The van der Waals surface area contributed by atoms with Crippen molar-refractivity contribution in [3.8, 4) is 0 Å². The summed E-state index contributed by atoms with van der Waals surface area (Å²) in [4.78, 5) is 0. The quantitative estimate of drug-likeness (QED) is 0.818. The van der Waals surface area contributed by atoms with Gasteiger partial charge in [0.2, 0.25) is 0 Å². The summed E-state index contributed by atoms with van der Waals surface area (Å²) in [5.74, 6) is 0. The van der Waals surface area contributed by atoms with Gasteiger partial charge in [0.25, 0.3) is 0 Å². The number of rotatable bonds is 1. The Morgan fingerprint density at radius 3 is 2.35 bits per heavy atom. The first-order valence-corrected chi connectivity index (χ1v) is 7.35. The maximum absolute atomic E-state index is 10.9. The zero-order valence-electron chi connectivity index (χ0n) is 12.5. The average Bonchev–Trinajstić information content (AvgIpc) is 2.44. The Labute approximate surface area is 121 Å². The molecular formula is C19H22O. The van der Waals surface area contributed by atoms with Crippen LogP contribution in [0.15, 0.2) is 42.5 Å². The normalized spacial score (nSPS) is 25.3. The van der Waals surface area contributed by atoms with E-state index < -0.39 is 6.10 Å². The molecule has 20 heavy (non-hydrogen) atoms. The van der Waals surface area contributed by atoms with Crippen molar-refractivity contribution in [3.63, 3.8) is 0 Å². The molecule has 0 spiro atoms. The van der Waals surface area contributed by atoms with Crippen LogP contribution >= 0.6 is 0 Å². The summed E-state index contributed by atoms with van der Waals surface area (Å²) < 4.78 is 0. The predicted octanol–water partition coefficient (Wildman–Crippen LogP) is 4.24. The number of fused-ring (bicyclic) bond motifs is 1. The minimum atomic E-state index is -0.422. The van der Waals surface area contributed by atoms with Gasteiger partial charge in [-0.05, 0) is 43.4 Å². The molecule has 2 aromatic rings. The summed E-state index contributed by atoms with van der Waals surface area (Å²) in [6.45, 7) is 6.40. The maximum Gasteiger partial charge on any atom is 0.0886 e. The number of aryl methyl sites for hydroxylation is 3. The fourth-order valence-corrected chi connectivity index (χ4v) is 3.33. The highest BCUT2D eigenvalue weighted by Gasteiger charge is 2.39. The van der Waals surface area contributed by atoms with Crippen molar-refractivity contribution in [2.24, 2.45) is 0 Å². The van der Waals surface area contributed by atoms with Crippen LogP contribution in [0, 0.1) is 13.8 Å². The van der Waals surface area contributed by atoms with E-state index in [0.717, 1.165) is 18.4 Å². The highest BCUT2D eigenvalue weighted by molar-refractivity contribution is 5.41. The molecule has 0 aliphatic heterocycles. The first-order valence-electron chi connectivity index (χ1n) is 7.35. The second kappa shape index (κ2) is 4.75. The molecule has 1 nitrogen and oxygen atoms in total. The second-order valence-electron chi connectivity index (χ2n) is 6.39. The molecule has 0 saturated heterocycles. The Morgan fingerprint density at radius 2 is 1.65 bits per heavy atom. The van der Waals surface area contributed by atoms with E-state index in [1.807, 2.05) is 0 Å². The van der Waals surface area contributed by atoms with E-state index in [4.69, 9.17) is 0 Å². The molecule has 0 fully saturated rings. The van der Waals surface area contributed by atoms with E-state index >= 15 is 0 Å². The molecule has 0 saturated carbocycles. The lowest BCUT2D eigenvalue weighted by atomic mass is 9.66. The summed E-state index contributed by atoms with van der Waals surface area (Å²) in [6.07, 6.45) is 1.61. The predicted molar refractivity (Wildman–Crippen MR) is 83.0 cm³/mol.